The minimum atomic E-state index is -0.579. The van der Waals surface area contributed by atoms with Crippen molar-refractivity contribution in [3.63, 3.8) is 0 Å². The lowest BCUT2D eigenvalue weighted by Gasteiger charge is -2.23. The summed E-state index contributed by atoms with van der Waals surface area (Å²) < 4.78 is 5.48. The van der Waals surface area contributed by atoms with E-state index < -0.39 is 16.8 Å². The zero-order chi connectivity index (χ0) is 21.2. The van der Waals surface area contributed by atoms with Crippen LogP contribution >= 0.6 is 0 Å². The molecule has 29 heavy (non-hydrogen) atoms. The molecule has 0 bridgehead atoms. The summed E-state index contributed by atoms with van der Waals surface area (Å²) >= 11 is 0. The number of non-ortho nitro benzene ring substituents is 1. The molecular weight excluding hydrogens is 372 g/mol. The summed E-state index contributed by atoms with van der Waals surface area (Å²) in [5.74, 6) is -0.789. The fourth-order valence-corrected chi connectivity index (χ4v) is 3.25. The average Bonchev–Trinajstić information content (AvgIpc) is 3.10. The first kappa shape index (κ1) is 20.5. The number of carbonyl (C=O) groups is 2. The van der Waals surface area contributed by atoms with E-state index in [0.717, 1.165) is 6.42 Å². The number of ether oxygens (including phenoxy) is 1. The van der Waals surface area contributed by atoms with Gasteiger partial charge in [0.05, 0.1) is 10.8 Å². The van der Waals surface area contributed by atoms with Crippen LogP contribution in [-0.4, -0.2) is 23.3 Å². The van der Waals surface area contributed by atoms with Crippen LogP contribution in [0.15, 0.2) is 48.5 Å². The van der Waals surface area contributed by atoms with Crippen molar-refractivity contribution in [2.24, 2.45) is 5.92 Å². The van der Waals surface area contributed by atoms with Crippen molar-refractivity contribution in [3.8, 4) is 5.75 Å². The van der Waals surface area contributed by atoms with E-state index in [9.17, 15) is 19.7 Å². The first-order chi connectivity index (χ1) is 13.7. The van der Waals surface area contributed by atoms with Gasteiger partial charge in [0.25, 0.3) is 5.69 Å². The lowest BCUT2D eigenvalue weighted by atomic mass is 9.82. The summed E-state index contributed by atoms with van der Waals surface area (Å²) in [5, 5.41) is 10.8. The number of esters is 1. The summed E-state index contributed by atoms with van der Waals surface area (Å²) in [6.45, 7) is 6.63. The van der Waals surface area contributed by atoms with Crippen LogP contribution in [0.2, 0.25) is 0 Å². The molecule has 7 nitrogen and oxygen atoms in total. The van der Waals surface area contributed by atoms with E-state index in [2.05, 4.69) is 20.8 Å². The molecule has 0 saturated carbocycles. The fourth-order valence-electron chi connectivity index (χ4n) is 3.25. The minimum Gasteiger partial charge on any atom is -0.426 e. The number of nitrogens with zero attached hydrogens (tertiary/aromatic N) is 2. The second-order valence-electron chi connectivity index (χ2n) is 7.86. The maximum Gasteiger partial charge on any atom is 0.316 e. The van der Waals surface area contributed by atoms with Gasteiger partial charge in [0.1, 0.15) is 5.75 Å². The zero-order valence-electron chi connectivity index (χ0n) is 16.8. The molecule has 1 heterocycles. The first-order valence-corrected chi connectivity index (χ1v) is 9.58. The normalized spacial score (nSPS) is 16.7. The largest absolute Gasteiger partial charge is 0.426 e. The van der Waals surface area contributed by atoms with Crippen molar-refractivity contribution in [2.75, 3.05) is 11.4 Å². The Bertz CT molecular complexity index is 919. The molecule has 0 spiro atoms. The van der Waals surface area contributed by atoms with Crippen LogP contribution in [-0.2, 0) is 15.0 Å². The molecule has 1 atom stereocenters. The molecular formula is C22H24N2O5. The zero-order valence-corrected chi connectivity index (χ0v) is 16.8. The van der Waals surface area contributed by atoms with E-state index in [1.54, 1.807) is 12.1 Å². The monoisotopic (exact) mass is 396 g/mol. The van der Waals surface area contributed by atoms with Crippen molar-refractivity contribution in [1.29, 1.82) is 0 Å². The highest BCUT2D eigenvalue weighted by atomic mass is 16.6. The number of carbonyl (C=O) groups excluding carboxylic acids is 2. The molecule has 0 unspecified atom stereocenters. The van der Waals surface area contributed by atoms with Crippen LogP contribution in [0, 0.1) is 16.0 Å². The highest BCUT2D eigenvalue weighted by Crippen LogP contribution is 2.30. The maximum absolute atomic E-state index is 12.5. The van der Waals surface area contributed by atoms with E-state index in [4.69, 9.17) is 4.74 Å². The van der Waals surface area contributed by atoms with Crippen LogP contribution in [0.25, 0.3) is 0 Å². The molecule has 1 amide bonds. The lowest BCUT2D eigenvalue weighted by Crippen LogP contribution is -2.27. The maximum atomic E-state index is 12.5. The van der Waals surface area contributed by atoms with Crippen LogP contribution in [0.5, 0.6) is 5.75 Å². The third-order valence-corrected chi connectivity index (χ3v) is 5.57. The van der Waals surface area contributed by atoms with Gasteiger partial charge in [-0.1, -0.05) is 32.9 Å². The Morgan fingerprint density at radius 1 is 1.17 bits per heavy atom. The lowest BCUT2D eigenvalue weighted by molar-refractivity contribution is -0.384. The number of amides is 1. The Morgan fingerprint density at radius 2 is 1.79 bits per heavy atom. The van der Waals surface area contributed by atoms with Gasteiger partial charge >= 0.3 is 5.97 Å². The predicted molar refractivity (Wildman–Crippen MR) is 109 cm³/mol. The molecule has 152 valence electrons. The van der Waals surface area contributed by atoms with E-state index in [-0.39, 0.29) is 30.0 Å². The number of rotatable bonds is 6. The molecule has 0 radical (unpaired) electrons. The number of nitro benzene ring substituents is 1. The fraction of sp³-hybridized carbons (Fsp3) is 0.364. The Morgan fingerprint density at radius 3 is 2.34 bits per heavy atom. The quantitative estimate of drug-likeness (QED) is 0.315. The van der Waals surface area contributed by atoms with Gasteiger partial charge in [-0.15, -0.1) is 0 Å². The van der Waals surface area contributed by atoms with Crippen molar-refractivity contribution in [1.82, 2.24) is 0 Å². The van der Waals surface area contributed by atoms with Crippen molar-refractivity contribution >= 4 is 23.3 Å². The summed E-state index contributed by atoms with van der Waals surface area (Å²) in [4.78, 5) is 36.6. The van der Waals surface area contributed by atoms with E-state index in [1.165, 1.54) is 34.7 Å². The third-order valence-electron chi connectivity index (χ3n) is 5.57. The highest BCUT2D eigenvalue weighted by molar-refractivity contribution is 5.99. The number of anilines is 1. The first-order valence-electron chi connectivity index (χ1n) is 9.58. The van der Waals surface area contributed by atoms with Gasteiger partial charge in [-0.25, -0.2) is 0 Å². The molecule has 2 aromatic carbocycles. The Kier molecular flexibility index (Phi) is 5.68. The van der Waals surface area contributed by atoms with Crippen LogP contribution < -0.4 is 9.64 Å². The van der Waals surface area contributed by atoms with Gasteiger partial charge in [0, 0.05) is 30.8 Å². The number of hydrogen-bond acceptors (Lipinski definition) is 5. The van der Waals surface area contributed by atoms with Gasteiger partial charge in [-0.3, -0.25) is 19.7 Å². The van der Waals surface area contributed by atoms with Crippen molar-refractivity contribution < 1.29 is 19.2 Å². The van der Waals surface area contributed by atoms with Crippen LogP contribution in [0.1, 0.15) is 39.2 Å². The van der Waals surface area contributed by atoms with Gasteiger partial charge < -0.3 is 9.64 Å². The highest BCUT2D eigenvalue weighted by Gasteiger charge is 2.36. The topological polar surface area (TPSA) is 89.8 Å². The van der Waals surface area contributed by atoms with Crippen LogP contribution in [0.3, 0.4) is 0 Å². The molecule has 7 heteroatoms. The summed E-state index contributed by atoms with van der Waals surface area (Å²) in [7, 11) is 0. The minimum absolute atomic E-state index is 0.0473. The molecule has 0 aliphatic carbocycles. The molecule has 1 aliphatic heterocycles. The predicted octanol–water partition coefficient (Wildman–Crippen LogP) is 4.24. The molecule has 1 fully saturated rings. The Balaban J connectivity index is 1.65. The van der Waals surface area contributed by atoms with Crippen LogP contribution in [0.4, 0.5) is 11.4 Å². The van der Waals surface area contributed by atoms with E-state index in [0.29, 0.717) is 11.4 Å². The Labute approximate surface area is 169 Å². The second-order valence-corrected chi connectivity index (χ2v) is 7.86. The molecule has 1 saturated heterocycles. The smallest absolute Gasteiger partial charge is 0.316 e. The van der Waals surface area contributed by atoms with Gasteiger partial charge in [-0.2, -0.15) is 0 Å². The molecule has 0 aromatic heterocycles. The molecule has 2 aromatic rings. The SMILES string of the molecule is CCC(C)(C)c1ccc(OC(=O)[C@@H]2CC(=O)N(c3ccc([N+](=O)[O-])cc3)C2)cc1. The number of nitro groups is 1. The van der Waals surface area contributed by atoms with Crippen molar-refractivity contribution in [2.45, 2.75) is 39.0 Å². The number of hydrogen-bond donors (Lipinski definition) is 0. The van der Waals surface area contributed by atoms with Crippen molar-refractivity contribution in [3.05, 3.63) is 64.2 Å². The second kappa shape index (κ2) is 8.03. The third kappa shape index (κ3) is 4.45. The van der Waals surface area contributed by atoms with Gasteiger partial charge in [-0.05, 0) is 41.7 Å². The molecule has 1 aliphatic rings. The average molecular weight is 396 g/mol. The Hall–Kier alpha value is -3.22. The summed E-state index contributed by atoms with van der Waals surface area (Å²) in [6.07, 6.45) is 1.05. The molecule has 0 N–H and O–H groups in total. The summed E-state index contributed by atoms with van der Waals surface area (Å²) in [5.41, 5.74) is 1.69. The number of benzene rings is 2. The summed E-state index contributed by atoms with van der Waals surface area (Å²) in [6, 6.07) is 13.2. The van der Waals surface area contributed by atoms with Gasteiger partial charge in [0.2, 0.25) is 5.91 Å². The van der Waals surface area contributed by atoms with Gasteiger partial charge in [0.15, 0.2) is 0 Å². The standard InChI is InChI=1S/C22H24N2O5/c1-4-22(2,3)16-5-11-19(12-6-16)29-21(26)15-13-20(25)23(14-15)17-7-9-18(10-8-17)24(27)28/h5-12,15H,4,13-14H2,1-3H3/t15-/m1/s1. The van der Waals surface area contributed by atoms with E-state index in [1.807, 2.05) is 12.1 Å². The molecule has 3 rings (SSSR count). The van der Waals surface area contributed by atoms with E-state index >= 15 is 0 Å².